The first-order valence-electron chi connectivity index (χ1n) is 11.3. The lowest BCUT2D eigenvalue weighted by Gasteiger charge is -2.42. The Labute approximate surface area is 181 Å². The Bertz CT molecular complexity index is 767. The molecule has 0 radical (unpaired) electrons. The van der Waals surface area contributed by atoms with Crippen LogP contribution in [0.3, 0.4) is 0 Å². The largest absolute Gasteiger partial charge is 0.385 e. The summed E-state index contributed by atoms with van der Waals surface area (Å²) >= 11 is 0. The topological polar surface area (TPSA) is 63.5 Å². The highest BCUT2D eigenvalue weighted by atomic mass is 16.5. The number of imidazole rings is 1. The predicted octanol–water partition coefficient (Wildman–Crippen LogP) is 3.78. The van der Waals surface area contributed by atoms with Crippen LogP contribution in [0.5, 0.6) is 0 Å². The minimum atomic E-state index is 0.363. The van der Waals surface area contributed by atoms with Crippen LogP contribution in [0.25, 0.3) is 0 Å². The number of nitrogens with zero attached hydrogens (tertiary/aromatic N) is 3. The molecule has 2 N–H and O–H groups in total. The molecule has 1 saturated carbocycles. The Morgan fingerprint density at radius 1 is 1.23 bits per heavy atom. The van der Waals surface area contributed by atoms with E-state index in [9.17, 15) is 0 Å². The van der Waals surface area contributed by atoms with E-state index in [1.54, 1.807) is 7.11 Å². The standard InChI is InChI=1S/C24H37N5O/c1-3-25-23(28-20-24(12-8-13-24)14-18-30-2)27-19-22-26-15-17-29(22)16-7-11-21-9-5-4-6-10-21/h4-6,9-10,15,17H,3,7-8,11-14,16,18-20H2,1-2H3,(H2,25,27,28). The maximum Gasteiger partial charge on any atom is 0.191 e. The summed E-state index contributed by atoms with van der Waals surface area (Å²) in [6.07, 6.45) is 11.1. The van der Waals surface area contributed by atoms with Crippen molar-refractivity contribution in [3.8, 4) is 0 Å². The highest BCUT2D eigenvalue weighted by Crippen LogP contribution is 2.43. The van der Waals surface area contributed by atoms with Gasteiger partial charge in [0.1, 0.15) is 12.4 Å². The third-order valence-corrected chi connectivity index (χ3v) is 6.11. The van der Waals surface area contributed by atoms with Crippen LogP contribution < -0.4 is 10.6 Å². The molecule has 1 aliphatic carbocycles. The molecule has 0 spiro atoms. The molecule has 1 aromatic heterocycles. The molecule has 1 fully saturated rings. The van der Waals surface area contributed by atoms with Crippen molar-refractivity contribution >= 4 is 5.96 Å². The monoisotopic (exact) mass is 411 g/mol. The van der Waals surface area contributed by atoms with E-state index in [1.165, 1.54) is 24.8 Å². The van der Waals surface area contributed by atoms with E-state index in [1.807, 2.05) is 6.20 Å². The lowest BCUT2D eigenvalue weighted by Crippen LogP contribution is -2.47. The third kappa shape index (κ3) is 6.59. The van der Waals surface area contributed by atoms with Crippen LogP contribution in [0.4, 0.5) is 0 Å². The van der Waals surface area contributed by atoms with Gasteiger partial charge in [-0.15, -0.1) is 0 Å². The van der Waals surface area contributed by atoms with Crippen molar-refractivity contribution in [3.05, 3.63) is 54.1 Å². The van der Waals surface area contributed by atoms with Crippen molar-refractivity contribution in [1.82, 2.24) is 20.2 Å². The van der Waals surface area contributed by atoms with Crippen molar-refractivity contribution < 1.29 is 4.74 Å². The summed E-state index contributed by atoms with van der Waals surface area (Å²) in [6.45, 7) is 6.28. The second kappa shape index (κ2) is 11.7. The van der Waals surface area contributed by atoms with Gasteiger partial charge in [-0.2, -0.15) is 0 Å². The zero-order chi connectivity index (χ0) is 21.1. The molecule has 0 atom stereocenters. The quantitative estimate of drug-likeness (QED) is 0.412. The Morgan fingerprint density at radius 3 is 2.77 bits per heavy atom. The molecule has 1 aliphatic rings. The van der Waals surface area contributed by atoms with Crippen molar-refractivity contribution in [2.45, 2.75) is 58.5 Å². The molecule has 1 aromatic carbocycles. The first-order valence-corrected chi connectivity index (χ1v) is 11.3. The van der Waals surface area contributed by atoms with Crippen LogP contribution >= 0.6 is 0 Å². The first kappa shape index (κ1) is 22.3. The predicted molar refractivity (Wildman–Crippen MR) is 123 cm³/mol. The summed E-state index contributed by atoms with van der Waals surface area (Å²) in [5.41, 5.74) is 1.75. The fourth-order valence-electron chi connectivity index (χ4n) is 4.07. The summed E-state index contributed by atoms with van der Waals surface area (Å²) in [5, 5.41) is 6.94. The van der Waals surface area contributed by atoms with Crippen LogP contribution in [-0.4, -0.2) is 42.3 Å². The van der Waals surface area contributed by atoms with E-state index in [0.29, 0.717) is 12.0 Å². The summed E-state index contributed by atoms with van der Waals surface area (Å²) in [4.78, 5) is 9.34. The molecule has 6 nitrogen and oxygen atoms in total. The highest BCUT2D eigenvalue weighted by Gasteiger charge is 2.36. The average molecular weight is 412 g/mol. The zero-order valence-corrected chi connectivity index (χ0v) is 18.6. The van der Waals surface area contributed by atoms with Crippen LogP contribution in [-0.2, 0) is 24.2 Å². The molecule has 164 valence electrons. The van der Waals surface area contributed by atoms with Gasteiger partial charge in [0.05, 0.1) is 0 Å². The molecule has 0 saturated heterocycles. The maximum atomic E-state index is 5.31. The Morgan fingerprint density at radius 2 is 2.07 bits per heavy atom. The normalized spacial score (nSPS) is 15.6. The molecule has 1 heterocycles. The van der Waals surface area contributed by atoms with Crippen molar-refractivity contribution in [3.63, 3.8) is 0 Å². The minimum Gasteiger partial charge on any atom is -0.385 e. The molecule has 6 heteroatoms. The van der Waals surface area contributed by atoms with Gasteiger partial charge in [0.15, 0.2) is 5.96 Å². The van der Waals surface area contributed by atoms with Crippen molar-refractivity contribution in [1.29, 1.82) is 0 Å². The van der Waals surface area contributed by atoms with Gasteiger partial charge in [0, 0.05) is 45.7 Å². The molecule has 0 bridgehead atoms. The SMILES string of the molecule is CCNC(=NCc1nccn1CCCc1ccccc1)NCC1(CCOC)CCC1. The number of rotatable bonds is 12. The molecule has 3 rings (SSSR count). The number of methoxy groups -OCH3 is 1. The maximum absolute atomic E-state index is 5.31. The van der Waals surface area contributed by atoms with Gasteiger partial charge in [-0.1, -0.05) is 36.8 Å². The number of aromatic nitrogens is 2. The number of hydrogen-bond donors (Lipinski definition) is 2. The summed E-state index contributed by atoms with van der Waals surface area (Å²) in [6, 6.07) is 10.6. The van der Waals surface area contributed by atoms with Gasteiger partial charge in [-0.3, -0.25) is 0 Å². The first-order chi connectivity index (χ1) is 14.7. The summed E-state index contributed by atoms with van der Waals surface area (Å²) in [7, 11) is 1.79. The number of aliphatic imine (C=N–C) groups is 1. The van der Waals surface area contributed by atoms with E-state index in [4.69, 9.17) is 9.73 Å². The second-order valence-corrected chi connectivity index (χ2v) is 8.27. The highest BCUT2D eigenvalue weighted by molar-refractivity contribution is 5.79. The average Bonchev–Trinajstić information content (AvgIpc) is 3.19. The van der Waals surface area contributed by atoms with Gasteiger partial charge in [0.2, 0.25) is 0 Å². The molecular weight excluding hydrogens is 374 g/mol. The van der Waals surface area contributed by atoms with E-state index in [-0.39, 0.29) is 0 Å². The number of benzene rings is 1. The van der Waals surface area contributed by atoms with Crippen molar-refractivity contribution in [2.75, 3.05) is 26.8 Å². The van der Waals surface area contributed by atoms with Crippen LogP contribution in [0.1, 0.15) is 50.4 Å². The lowest BCUT2D eigenvalue weighted by molar-refractivity contribution is 0.0732. The number of aryl methyl sites for hydroxylation is 2. The van der Waals surface area contributed by atoms with Crippen LogP contribution in [0.2, 0.25) is 0 Å². The fourth-order valence-corrected chi connectivity index (χ4v) is 4.07. The molecule has 30 heavy (non-hydrogen) atoms. The number of guanidine groups is 1. The fraction of sp³-hybridized carbons (Fsp3) is 0.583. The minimum absolute atomic E-state index is 0.363. The van der Waals surface area contributed by atoms with E-state index >= 15 is 0 Å². The van der Waals surface area contributed by atoms with Crippen LogP contribution in [0, 0.1) is 5.41 Å². The van der Waals surface area contributed by atoms with E-state index < -0.39 is 0 Å². The van der Waals surface area contributed by atoms with E-state index in [0.717, 1.165) is 57.3 Å². The third-order valence-electron chi connectivity index (χ3n) is 6.11. The van der Waals surface area contributed by atoms with Gasteiger partial charge < -0.3 is 19.9 Å². The molecular formula is C24H37N5O. The molecule has 0 unspecified atom stereocenters. The Kier molecular flexibility index (Phi) is 8.75. The number of ether oxygens (including phenoxy) is 1. The Hall–Kier alpha value is -2.34. The van der Waals surface area contributed by atoms with Gasteiger partial charge in [0.25, 0.3) is 0 Å². The molecule has 0 aliphatic heterocycles. The van der Waals surface area contributed by atoms with Gasteiger partial charge in [-0.05, 0) is 50.0 Å². The van der Waals surface area contributed by atoms with Gasteiger partial charge in [-0.25, -0.2) is 9.98 Å². The second-order valence-electron chi connectivity index (χ2n) is 8.27. The number of nitrogens with one attached hydrogen (secondary N) is 2. The van der Waals surface area contributed by atoms with Crippen molar-refractivity contribution in [2.24, 2.45) is 10.4 Å². The zero-order valence-electron chi connectivity index (χ0n) is 18.6. The molecule has 2 aromatic rings. The lowest BCUT2D eigenvalue weighted by atomic mass is 9.67. The van der Waals surface area contributed by atoms with E-state index in [2.05, 4.69) is 63.6 Å². The van der Waals surface area contributed by atoms with Gasteiger partial charge >= 0.3 is 0 Å². The Balaban J connectivity index is 1.51. The van der Waals surface area contributed by atoms with Crippen LogP contribution in [0.15, 0.2) is 47.7 Å². The smallest absolute Gasteiger partial charge is 0.191 e. The number of hydrogen-bond acceptors (Lipinski definition) is 3. The summed E-state index contributed by atoms with van der Waals surface area (Å²) in [5.74, 6) is 1.89. The summed E-state index contributed by atoms with van der Waals surface area (Å²) < 4.78 is 7.54. The molecule has 0 amide bonds.